The Kier molecular flexibility index (Phi) is 4.56. The van der Waals surface area contributed by atoms with Crippen LogP contribution in [0.2, 0.25) is 5.15 Å². The van der Waals surface area contributed by atoms with Crippen molar-refractivity contribution in [3.8, 4) is 11.8 Å². The largest absolute Gasteiger partial charge is 0.424 e. The fourth-order valence-electron chi connectivity index (χ4n) is 2.68. The molecule has 7 heteroatoms. The van der Waals surface area contributed by atoms with E-state index >= 15 is 0 Å². The minimum Gasteiger partial charge on any atom is -0.424 e. The molecule has 0 aliphatic rings. The van der Waals surface area contributed by atoms with Crippen molar-refractivity contribution in [2.45, 2.75) is 13.8 Å². The monoisotopic (exact) mass is 377 g/mol. The van der Waals surface area contributed by atoms with Gasteiger partial charge in [0.15, 0.2) is 11.0 Å². The van der Waals surface area contributed by atoms with E-state index in [1.165, 1.54) is 0 Å². The van der Waals surface area contributed by atoms with Crippen molar-refractivity contribution in [1.29, 1.82) is 0 Å². The van der Waals surface area contributed by atoms with Crippen molar-refractivity contribution in [2.75, 3.05) is 5.32 Å². The lowest BCUT2D eigenvalue weighted by Crippen LogP contribution is -1.99. The number of aromatic nitrogens is 4. The maximum Gasteiger partial charge on any atom is 0.322 e. The van der Waals surface area contributed by atoms with E-state index in [0.29, 0.717) is 22.7 Å². The molecular formula is C20H16ClN5O. The third-order valence-corrected chi connectivity index (χ3v) is 4.06. The first-order valence-electron chi connectivity index (χ1n) is 8.36. The molecule has 27 heavy (non-hydrogen) atoms. The molecule has 134 valence electrons. The molecule has 1 N–H and O–H groups in total. The van der Waals surface area contributed by atoms with Gasteiger partial charge in [-0.1, -0.05) is 29.8 Å². The van der Waals surface area contributed by atoms with E-state index in [1.54, 1.807) is 0 Å². The van der Waals surface area contributed by atoms with Gasteiger partial charge >= 0.3 is 6.01 Å². The number of ether oxygens (including phenoxy) is 1. The van der Waals surface area contributed by atoms with Gasteiger partial charge in [-0.05, 0) is 44.2 Å². The fraction of sp³-hybridized carbons (Fsp3) is 0.100. The predicted octanol–water partition coefficient (Wildman–Crippen LogP) is 5.23. The van der Waals surface area contributed by atoms with E-state index in [-0.39, 0.29) is 0 Å². The summed E-state index contributed by atoms with van der Waals surface area (Å²) in [6.07, 6.45) is 0. The first-order chi connectivity index (χ1) is 13.1. The number of nitrogens with one attached hydrogen (secondary N) is 1. The predicted molar refractivity (Wildman–Crippen MR) is 106 cm³/mol. The minimum atomic E-state index is 0.303. The topological polar surface area (TPSA) is 72.8 Å². The zero-order chi connectivity index (χ0) is 18.8. The Morgan fingerprint density at radius 1 is 0.815 bits per heavy atom. The fourth-order valence-corrected chi connectivity index (χ4v) is 2.86. The third-order valence-electron chi connectivity index (χ3n) is 3.80. The molecule has 0 saturated heterocycles. The highest BCUT2D eigenvalue weighted by atomic mass is 35.5. The summed E-state index contributed by atoms with van der Waals surface area (Å²) < 4.78 is 5.79. The van der Waals surface area contributed by atoms with Crippen LogP contribution in [-0.4, -0.2) is 19.9 Å². The van der Waals surface area contributed by atoms with E-state index in [1.807, 2.05) is 68.4 Å². The Morgan fingerprint density at radius 3 is 2.26 bits per heavy atom. The molecule has 4 rings (SSSR count). The van der Waals surface area contributed by atoms with E-state index in [9.17, 15) is 0 Å². The van der Waals surface area contributed by atoms with Crippen LogP contribution in [0.1, 0.15) is 11.4 Å². The number of hydrogen-bond donors (Lipinski definition) is 1. The van der Waals surface area contributed by atoms with Crippen molar-refractivity contribution in [3.63, 3.8) is 0 Å². The number of benzene rings is 2. The van der Waals surface area contributed by atoms with E-state index < -0.39 is 0 Å². The SMILES string of the molecule is Cc1cc(C)nc(Oc2cccc(Nc3nc4ccccc4nc3Cl)c2)n1. The number of fused-ring (bicyclic) bond motifs is 1. The average Bonchev–Trinajstić information content (AvgIpc) is 2.62. The Morgan fingerprint density at radius 2 is 1.52 bits per heavy atom. The van der Waals surface area contributed by atoms with Crippen molar-refractivity contribution in [1.82, 2.24) is 19.9 Å². The molecule has 0 atom stereocenters. The normalized spacial score (nSPS) is 10.8. The summed E-state index contributed by atoms with van der Waals surface area (Å²) in [5.74, 6) is 1.09. The maximum absolute atomic E-state index is 6.27. The number of aryl methyl sites for hydroxylation is 2. The number of anilines is 2. The second kappa shape index (κ2) is 7.17. The molecule has 2 heterocycles. The van der Waals surface area contributed by atoms with Gasteiger partial charge in [-0.3, -0.25) is 0 Å². The summed E-state index contributed by atoms with van der Waals surface area (Å²) in [6, 6.07) is 17.2. The number of para-hydroxylation sites is 2. The van der Waals surface area contributed by atoms with Crippen LogP contribution in [-0.2, 0) is 0 Å². The van der Waals surface area contributed by atoms with E-state index in [2.05, 4.69) is 25.3 Å². The Balaban J connectivity index is 1.60. The Hall–Kier alpha value is -3.25. The van der Waals surface area contributed by atoms with Crippen molar-refractivity contribution < 1.29 is 4.74 Å². The molecule has 0 amide bonds. The highest BCUT2D eigenvalue weighted by molar-refractivity contribution is 6.32. The lowest BCUT2D eigenvalue weighted by Gasteiger charge is -2.10. The standard InChI is InChI=1S/C20H16ClN5O/c1-12-10-13(2)23-20(22-12)27-15-7-5-6-14(11-15)24-19-18(21)25-16-8-3-4-9-17(16)26-19/h3-11H,1-2H3,(H,24,26). The molecular weight excluding hydrogens is 362 g/mol. The van der Waals surface area contributed by atoms with Crippen molar-refractivity contribution in [3.05, 3.63) is 71.1 Å². The maximum atomic E-state index is 6.27. The lowest BCUT2D eigenvalue weighted by atomic mass is 10.3. The first-order valence-corrected chi connectivity index (χ1v) is 8.74. The molecule has 0 unspecified atom stereocenters. The van der Waals surface area contributed by atoms with Gasteiger partial charge in [0.1, 0.15) is 5.75 Å². The molecule has 4 aromatic rings. The summed E-state index contributed by atoms with van der Waals surface area (Å²) in [7, 11) is 0. The molecule has 2 aromatic carbocycles. The highest BCUT2D eigenvalue weighted by Gasteiger charge is 2.08. The van der Waals surface area contributed by atoms with Gasteiger partial charge in [0.25, 0.3) is 0 Å². The highest BCUT2D eigenvalue weighted by Crippen LogP contribution is 2.27. The van der Waals surface area contributed by atoms with Crippen LogP contribution < -0.4 is 10.1 Å². The second-order valence-electron chi connectivity index (χ2n) is 6.04. The molecule has 0 bridgehead atoms. The molecule has 0 aliphatic heterocycles. The molecule has 0 spiro atoms. The van der Waals surface area contributed by atoms with Gasteiger partial charge in [-0.25, -0.2) is 19.9 Å². The van der Waals surface area contributed by atoms with Crippen LogP contribution >= 0.6 is 11.6 Å². The van der Waals surface area contributed by atoms with Crippen molar-refractivity contribution >= 4 is 34.1 Å². The first kappa shape index (κ1) is 17.2. The Bertz CT molecular complexity index is 1110. The molecule has 0 aliphatic carbocycles. The van der Waals surface area contributed by atoms with Crippen LogP contribution in [0.15, 0.2) is 54.6 Å². The quantitative estimate of drug-likeness (QED) is 0.525. The van der Waals surface area contributed by atoms with Crippen LogP contribution in [0.25, 0.3) is 11.0 Å². The number of hydrogen-bond acceptors (Lipinski definition) is 6. The summed E-state index contributed by atoms with van der Waals surface area (Å²) in [5.41, 5.74) is 3.98. The van der Waals surface area contributed by atoms with E-state index in [0.717, 1.165) is 28.1 Å². The summed E-state index contributed by atoms with van der Waals surface area (Å²) in [4.78, 5) is 17.5. The van der Waals surface area contributed by atoms with Gasteiger partial charge in [0, 0.05) is 23.1 Å². The lowest BCUT2D eigenvalue weighted by molar-refractivity contribution is 0.439. The number of nitrogens with zero attached hydrogens (tertiary/aromatic N) is 4. The molecule has 0 fully saturated rings. The zero-order valence-electron chi connectivity index (χ0n) is 14.8. The van der Waals surface area contributed by atoms with Crippen molar-refractivity contribution in [2.24, 2.45) is 0 Å². The molecule has 2 aromatic heterocycles. The van der Waals surface area contributed by atoms with Gasteiger partial charge in [-0.2, -0.15) is 0 Å². The molecule has 6 nitrogen and oxygen atoms in total. The number of halogens is 1. The Labute approximate surface area is 161 Å². The summed E-state index contributed by atoms with van der Waals surface area (Å²) in [6.45, 7) is 3.81. The van der Waals surface area contributed by atoms with Crippen LogP contribution in [0, 0.1) is 13.8 Å². The second-order valence-corrected chi connectivity index (χ2v) is 6.40. The summed E-state index contributed by atoms with van der Waals surface area (Å²) in [5, 5.41) is 3.49. The van der Waals surface area contributed by atoms with Crippen LogP contribution in [0.5, 0.6) is 11.8 Å². The van der Waals surface area contributed by atoms with Gasteiger partial charge in [-0.15, -0.1) is 0 Å². The molecule has 0 saturated carbocycles. The van der Waals surface area contributed by atoms with Crippen LogP contribution in [0.4, 0.5) is 11.5 Å². The third kappa shape index (κ3) is 3.96. The molecule has 0 radical (unpaired) electrons. The average molecular weight is 378 g/mol. The van der Waals surface area contributed by atoms with Gasteiger partial charge in [0.2, 0.25) is 0 Å². The number of rotatable bonds is 4. The zero-order valence-corrected chi connectivity index (χ0v) is 15.5. The van der Waals surface area contributed by atoms with Gasteiger partial charge < -0.3 is 10.1 Å². The smallest absolute Gasteiger partial charge is 0.322 e. The minimum absolute atomic E-state index is 0.303. The van der Waals surface area contributed by atoms with E-state index in [4.69, 9.17) is 16.3 Å². The van der Waals surface area contributed by atoms with Crippen LogP contribution in [0.3, 0.4) is 0 Å². The summed E-state index contributed by atoms with van der Waals surface area (Å²) >= 11 is 6.27. The van der Waals surface area contributed by atoms with Gasteiger partial charge in [0.05, 0.1) is 11.0 Å².